The molecule has 0 bridgehead atoms. The van der Waals surface area contributed by atoms with Crippen molar-refractivity contribution in [2.45, 2.75) is 18.4 Å². The molecule has 102 valence electrons. The molecule has 0 aliphatic heterocycles. The maximum Gasteiger partial charge on any atom is 0.244 e. The number of sulfonamides is 1. The molecule has 1 heterocycles. The molecule has 5 nitrogen and oxygen atoms in total. The summed E-state index contributed by atoms with van der Waals surface area (Å²) in [5.74, 6) is -0.352. The Hall–Kier alpha value is -1.73. The molecule has 1 aromatic heterocycles. The number of rotatable bonds is 4. The van der Waals surface area contributed by atoms with E-state index >= 15 is 0 Å². The van der Waals surface area contributed by atoms with Gasteiger partial charge < -0.3 is 0 Å². The van der Waals surface area contributed by atoms with Crippen molar-refractivity contribution in [2.75, 3.05) is 0 Å². The summed E-state index contributed by atoms with van der Waals surface area (Å²) in [6.07, 6.45) is 1.45. The molecule has 0 aliphatic rings. The third-order valence-corrected chi connectivity index (χ3v) is 4.14. The second-order valence-electron chi connectivity index (χ2n) is 4.20. The van der Waals surface area contributed by atoms with E-state index in [0.717, 1.165) is 0 Å². The summed E-state index contributed by atoms with van der Waals surface area (Å²) >= 11 is 0. The number of nitrogens with one attached hydrogen (secondary N) is 1. The lowest BCUT2D eigenvalue weighted by atomic mass is 10.2. The van der Waals surface area contributed by atoms with Crippen molar-refractivity contribution >= 4 is 10.0 Å². The Morgan fingerprint density at radius 1 is 1.32 bits per heavy atom. The predicted molar refractivity (Wildman–Crippen MR) is 68.4 cm³/mol. The maximum absolute atomic E-state index is 12.7. The summed E-state index contributed by atoms with van der Waals surface area (Å²) in [7, 11) is -1.95. The Morgan fingerprint density at radius 3 is 2.47 bits per heavy atom. The Kier molecular flexibility index (Phi) is 3.68. The molecule has 0 spiro atoms. The zero-order valence-corrected chi connectivity index (χ0v) is 11.4. The maximum atomic E-state index is 12.7. The molecule has 2 rings (SSSR count). The van der Waals surface area contributed by atoms with Crippen LogP contribution in [0.5, 0.6) is 0 Å². The second kappa shape index (κ2) is 5.10. The van der Waals surface area contributed by atoms with Crippen LogP contribution in [0.2, 0.25) is 0 Å². The predicted octanol–water partition coefficient (Wildman–Crippen LogP) is 1.35. The van der Waals surface area contributed by atoms with Crippen LogP contribution in [0.4, 0.5) is 4.39 Å². The van der Waals surface area contributed by atoms with E-state index in [2.05, 4.69) is 9.82 Å². The van der Waals surface area contributed by atoms with Crippen molar-refractivity contribution < 1.29 is 12.8 Å². The Morgan fingerprint density at radius 2 is 1.95 bits per heavy atom. The normalized spacial score (nSPS) is 11.7. The lowest BCUT2D eigenvalue weighted by Crippen LogP contribution is -2.23. The van der Waals surface area contributed by atoms with Gasteiger partial charge in [0, 0.05) is 19.8 Å². The van der Waals surface area contributed by atoms with Crippen molar-refractivity contribution in [1.29, 1.82) is 0 Å². The van der Waals surface area contributed by atoms with Gasteiger partial charge in [-0.05, 0) is 24.6 Å². The number of hydrogen-bond donors (Lipinski definition) is 1. The quantitative estimate of drug-likeness (QED) is 0.921. The van der Waals surface area contributed by atoms with Gasteiger partial charge in [-0.1, -0.05) is 12.1 Å². The fraction of sp³-hybridized carbons (Fsp3) is 0.250. The number of benzene rings is 1. The third-order valence-electron chi connectivity index (χ3n) is 2.64. The fourth-order valence-electron chi connectivity index (χ4n) is 1.70. The second-order valence-corrected chi connectivity index (χ2v) is 5.94. The van der Waals surface area contributed by atoms with E-state index in [-0.39, 0.29) is 17.3 Å². The lowest BCUT2D eigenvalue weighted by Gasteiger charge is -2.05. The molecule has 0 amide bonds. The minimum Gasteiger partial charge on any atom is -0.274 e. The molecule has 2 aromatic rings. The van der Waals surface area contributed by atoms with Gasteiger partial charge in [-0.15, -0.1) is 0 Å². The molecule has 0 unspecified atom stereocenters. The SMILES string of the molecule is Cc1nn(C)cc1S(=O)(=O)NCc1ccc(F)cc1. The van der Waals surface area contributed by atoms with Gasteiger partial charge in [0.25, 0.3) is 0 Å². The summed E-state index contributed by atoms with van der Waals surface area (Å²) in [6, 6.07) is 5.65. The number of nitrogens with zero attached hydrogens (tertiary/aromatic N) is 2. The van der Waals surface area contributed by atoms with Crippen LogP contribution in [-0.2, 0) is 23.6 Å². The third kappa shape index (κ3) is 3.18. The van der Waals surface area contributed by atoms with Gasteiger partial charge in [0.05, 0.1) is 5.69 Å². The first-order valence-corrected chi connectivity index (χ1v) is 7.11. The van der Waals surface area contributed by atoms with Gasteiger partial charge in [0.2, 0.25) is 10.0 Å². The largest absolute Gasteiger partial charge is 0.274 e. The number of aromatic nitrogens is 2. The summed E-state index contributed by atoms with van der Waals surface area (Å²) in [5.41, 5.74) is 1.13. The molecule has 1 N–H and O–H groups in total. The van der Waals surface area contributed by atoms with Crippen LogP contribution in [0, 0.1) is 12.7 Å². The van der Waals surface area contributed by atoms with Crippen molar-refractivity contribution in [3.63, 3.8) is 0 Å². The monoisotopic (exact) mass is 283 g/mol. The highest BCUT2D eigenvalue weighted by Crippen LogP contribution is 2.13. The molecule has 0 aliphatic carbocycles. The molecule has 7 heteroatoms. The van der Waals surface area contributed by atoms with Gasteiger partial charge in [-0.2, -0.15) is 5.10 Å². The first kappa shape index (κ1) is 13.7. The van der Waals surface area contributed by atoms with E-state index < -0.39 is 10.0 Å². The van der Waals surface area contributed by atoms with Gasteiger partial charge in [0.1, 0.15) is 10.7 Å². The molecule has 0 atom stereocenters. The van der Waals surface area contributed by atoms with Gasteiger partial charge in [0.15, 0.2) is 0 Å². The molecule has 0 fully saturated rings. The zero-order valence-electron chi connectivity index (χ0n) is 10.6. The van der Waals surface area contributed by atoms with E-state index in [9.17, 15) is 12.8 Å². The van der Waals surface area contributed by atoms with Crippen LogP contribution in [0.1, 0.15) is 11.3 Å². The zero-order chi connectivity index (χ0) is 14.0. The first-order valence-electron chi connectivity index (χ1n) is 5.63. The van der Waals surface area contributed by atoms with Gasteiger partial charge in [-0.25, -0.2) is 17.5 Å². The minimum atomic E-state index is -3.61. The van der Waals surface area contributed by atoms with Gasteiger partial charge in [-0.3, -0.25) is 4.68 Å². The van der Waals surface area contributed by atoms with Crippen molar-refractivity contribution in [1.82, 2.24) is 14.5 Å². The Labute approximate surface area is 111 Å². The lowest BCUT2D eigenvalue weighted by molar-refractivity contribution is 0.580. The average Bonchev–Trinajstić information content (AvgIpc) is 2.69. The average molecular weight is 283 g/mol. The van der Waals surface area contributed by atoms with Crippen LogP contribution in [0.15, 0.2) is 35.4 Å². The molecule has 1 aromatic carbocycles. The van der Waals surface area contributed by atoms with Crippen LogP contribution < -0.4 is 4.72 Å². The van der Waals surface area contributed by atoms with Crippen LogP contribution in [0.25, 0.3) is 0 Å². The van der Waals surface area contributed by atoms with Crippen LogP contribution in [0.3, 0.4) is 0 Å². The molecule has 0 radical (unpaired) electrons. The summed E-state index contributed by atoms with van der Waals surface area (Å²) in [5, 5.41) is 3.99. The van der Waals surface area contributed by atoms with Crippen molar-refractivity contribution in [3.05, 3.63) is 47.5 Å². The summed E-state index contributed by atoms with van der Waals surface area (Å²) < 4.78 is 40.8. The number of aryl methyl sites for hydroxylation is 2. The molecule has 0 saturated carbocycles. The molecule has 19 heavy (non-hydrogen) atoms. The Balaban J connectivity index is 2.14. The first-order chi connectivity index (χ1) is 8.88. The standard InChI is InChI=1S/C12H14FN3O2S/c1-9-12(8-16(2)15-9)19(17,18)14-7-10-3-5-11(13)6-4-10/h3-6,8,14H,7H2,1-2H3. The summed E-state index contributed by atoms with van der Waals surface area (Å²) in [6.45, 7) is 1.74. The molecule has 0 saturated heterocycles. The van der Waals surface area contributed by atoms with Crippen LogP contribution in [-0.4, -0.2) is 18.2 Å². The van der Waals surface area contributed by atoms with E-state index in [0.29, 0.717) is 11.3 Å². The molecular weight excluding hydrogens is 269 g/mol. The highest BCUT2D eigenvalue weighted by molar-refractivity contribution is 7.89. The topological polar surface area (TPSA) is 64.0 Å². The highest BCUT2D eigenvalue weighted by Gasteiger charge is 2.19. The number of hydrogen-bond acceptors (Lipinski definition) is 3. The van der Waals surface area contributed by atoms with E-state index in [1.807, 2.05) is 0 Å². The molecular formula is C12H14FN3O2S. The Bertz CT molecular complexity index is 678. The summed E-state index contributed by atoms with van der Waals surface area (Å²) in [4.78, 5) is 0.150. The van der Waals surface area contributed by atoms with Crippen molar-refractivity contribution in [2.24, 2.45) is 7.05 Å². The van der Waals surface area contributed by atoms with Gasteiger partial charge >= 0.3 is 0 Å². The highest BCUT2D eigenvalue weighted by atomic mass is 32.2. The minimum absolute atomic E-state index is 0.108. The van der Waals surface area contributed by atoms with Crippen LogP contribution >= 0.6 is 0 Å². The fourth-order valence-corrected chi connectivity index (χ4v) is 2.93. The number of halogens is 1. The van der Waals surface area contributed by atoms with Crippen molar-refractivity contribution in [3.8, 4) is 0 Å². The van der Waals surface area contributed by atoms with E-state index in [4.69, 9.17) is 0 Å². The van der Waals surface area contributed by atoms with E-state index in [1.165, 1.54) is 35.1 Å². The smallest absolute Gasteiger partial charge is 0.244 e. The van der Waals surface area contributed by atoms with E-state index in [1.54, 1.807) is 14.0 Å².